The predicted molar refractivity (Wildman–Crippen MR) is 133 cm³/mol. The maximum Gasteiger partial charge on any atom is 0.291 e. The van der Waals surface area contributed by atoms with Gasteiger partial charge < -0.3 is 14.1 Å². The maximum atomic E-state index is 13.7. The Labute approximate surface area is 201 Å². The van der Waals surface area contributed by atoms with Crippen molar-refractivity contribution in [3.05, 3.63) is 123 Å². The van der Waals surface area contributed by atoms with E-state index in [-0.39, 0.29) is 17.1 Å². The van der Waals surface area contributed by atoms with Crippen molar-refractivity contribution >= 4 is 28.5 Å². The molecule has 1 aliphatic rings. The van der Waals surface area contributed by atoms with Gasteiger partial charge in [-0.25, -0.2) is 0 Å². The van der Waals surface area contributed by atoms with Crippen LogP contribution in [0.2, 0.25) is 5.02 Å². The van der Waals surface area contributed by atoms with E-state index in [1.54, 1.807) is 23.1 Å². The molecule has 0 spiro atoms. The van der Waals surface area contributed by atoms with Gasteiger partial charge in [-0.05, 0) is 47.9 Å². The summed E-state index contributed by atoms with van der Waals surface area (Å²) < 4.78 is 11.6. The molecule has 0 bridgehead atoms. The highest BCUT2D eigenvalue weighted by Crippen LogP contribution is 2.40. The van der Waals surface area contributed by atoms with Gasteiger partial charge in [0.2, 0.25) is 5.76 Å². The van der Waals surface area contributed by atoms with Gasteiger partial charge in [0.15, 0.2) is 5.43 Å². The molecule has 2 heterocycles. The zero-order valence-corrected chi connectivity index (χ0v) is 19.3. The summed E-state index contributed by atoms with van der Waals surface area (Å²) in [7, 11) is 0. The van der Waals surface area contributed by atoms with Crippen molar-refractivity contribution in [2.45, 2.75) is 19.5 Å². The fourth-order valence-electron chi connectivity index (χ4n) is 4.33. The molecule has 1 aromatic heterocycles. The number of hydrogen-bond donors (Lipinski definition) is 0. The normalized spacial score (nSPS) is 14.9. The van der Waals surface area contributed by atoms with Crippen LogP contribution in [0, 0.1) is 6.92 Å². The number of hydrogen-bond acceptors (Lipinski definition) is 4. The number of aryl methyl sites for hydroxylation is 1. The van der Waals surface area contributed by atoms with Crippen molar-refractivity contribution in [1.29, 1.82) is 0 Å². The average molecular weight is 472 g/mol. The summed E-state index contributed by atoms with van der Waals surface area (Å²) >= 11 is 6.31. The summed E-state index contributed by atoms with van der Waals surface area (Å²) in [4.78, 5) is 28.9. The van der Waals surface area contributed by atoms with Gasteiger partial charge in [0.25, 0.3) is 5.91 Å². The van der Waals surface area contributed by atoms with Crippen molar-refractivity contribution < 1.29 is 13.9 Å². The smallest absolute Gasteiger partial charge is 0.291 e. The lowest BCUT2D eigenvalue weighted by Gasteiger charge is -2.25. The molecule has 1 amide bonds. The van der Waals surface area contributed by atoms with Crippen LogP contribution >= 0.6 is 11.6 Å². The fourth-order valence-corrected chi connectivity index (χ4v) is 4.50. The number of benzene rings is 3. The lowest BCUT2D eigenvalue weighted by molar-refractivity contribution is 0.0714. The molecule has 0 saturated heterocycles. The van der Waals surface area contributed by atoms with Crippen LogP contribution in [0.25, 0.3) is 11.0 Å². The zero-order chi connectivity index (χ0) is 23.8. The molecule has 5 nitrogen and oxygen atoms in total. The Kier molecular flexibility index (Phi) is 5.72. The monoisotopic (exact) mass is 471 g/mol. The molecule has 4 aromatic rings. The number of halogens is 1. The van der Waals surface area contributed by atoms with Gasteiger partial charge in [-0.2, -0.15) is 0 Å². The summed E-state index contributed by atoms with van der Waals surface area (Å²) in [5.41, 5.74) is 2.95. The van der Waals surface area contributed by atoms with E-state index in [0.29, 0.717) is 40.5 Å². The van der Waals surface area contributed by atoms with E-state index >= 15 is 0 Å². The van der Waals surface area contributed by atoms with Crippen LogP contribution in [0.3, 0.4) is 0 Å². The number of carbonyl (C=O) groups excluding carboxylic acids is 1. The molecular weight excluding hydrogens is 450 g/mol. The zero-order valence-electron chi connectivity index (χ0n) is 18.6. The molecule has 0 N–H and O–H groups in total. The van der Waals surface area contributed by atoms with Crippen molar-refractivity contribution in [3.8, 4) is 5.75 Å². The molecule has 0 saturated carbocycles. The molecule has 6 heteroatoms. The lowest BCUT2D eigenvalue weighted by atomic mass is 9.98. The molecule has 5 rings (SSSR count). The fraction of sp³-hybridized carbons (Fsp3) is 0.143. The highest BCUT2D eigenvalue weighted by molar-refractivity contribution is 6.32. The molecule has 34 heavy (non-hydrogen) atoms. The molecule has 0 aliphatic carbocycles. The maximum absolute atomic E-state index is 13.7. The number of nitrogens with zero attached hydrogens (tertiary/aromatic N) is 1. The molecule has 0 radical (unpaired) electrons. The average Bonchev–Trinajstić information content (AvgIpc) is 3.12. The first-order chi connectivity index (χ1) is 16.5. The van der Waals surface area contributed by atoms with Crippen molar-refractivity contribution in [1.82, 2.24) is 4.90 Å². The van der Waals surface area contributed by atoms with Gasteiger partial charge >= 0.3 is 0 Å². The van der Waals surface area contributed by atoms with E-state index in [4.69, 9.17) is 20.8 Å². The van der Waals surface area contributed by atoms with Crippen molar-refractivity contribution in [3.63, 3.8) is 0 Å². The van der Waals surface area contributed by atoms with E-state index < -0.39 is 6.04 Å². The highest BCUT2D eigenvalue weighted by Gasteiger charge is 2.42. The Morgan fingerprint density at radius 3 is 2.53 bits per heavy atom. The minimum absolute atomic E-state index is 0.0761. The van der Waals surface area contributed by atoms with E-state index in [2.05, 4.69) is 6.58 Å². The molecule has 1 unspecified atom stereocenters. The first-order valence-electron chi connectivity index (χ1n) is 10.9. The van der Waals surface area contributed by atoms with Gasteiger partial charge in [0.1, 0.15) is 17.9 Å². The highest BCUT2D eigenvalue weighted by atomic mass is 35.5. The van der Waals surface area contributed by atoms with E-state index in [9.17, 15) is 9.59 Å². The quantitative estimate of drug-likeness (QED) is 0.320. The van der Waals surface area contributed by atoms with Gasteiger partial charge in [-0.3, -0.25) is 9.59 Å². The van der Waals surface area contributed by atoms with Crippen LogP contribution in [0.5, 0.6) is 5.75 Å². The Hall–Kier alpha value is -3.83. The first-order valence-corrected chi connectivity index (χ1v) is 11.3. The van der Waals surface area contributed by atoms with Gasteiger partial charge in [-0.1, -0.05) is 66.7 Å². The Morgan fingerprint density at radius 2 is 1.82 bits per heavy atom. The third-order valence-corrected chi connectivity index (χ3v) is 6.41. The number of amides is 1. The molecular formula is C28H22ClNO4. The summed E-state index contributed by atoms with van der Waals surface area (Å²) in [6.07, 6.45) is 1.67. The van der Waals surface area contributed by atoms with Crippen LogP contribution < -0.4 is 10.2 Å². The van der Waals surface area contributed by atoms with Crippen molar-refractivity contribution in [2.75, 3.05) is 6.61 Å². The standard InChI is InChI=1S/C28H22ClNO4/c1-3-13-33-20-11-9-19(10-12-20)25-24-26(31)21-15-22(29)17(2)14-23(21)34-27(24)28(32)30(25)16-18-7-5-4-6-8-18/h3-12,14-15,25H,1,13,16H2,2H3. The summed E-state index contributed by atoms with van der Waals surface area (Å²) in [6, 6.07) is 19.8. The van der Waals surface area contributed by atoms with Crippen LogP contribution in [0.15, 0.2) is 88.6 Å². The minimum atomic E-state index is -0.600. The van der Waals surface area contributed by atoms with Crippen LogP contribution in [0.4, 0.5) is 0 Å². The van der Waals surface area contributed by atoms with Crippen molar-refractivity contribution in [2.24, 2.45) is 0 Å². The summed E-state index contributed by atoms with van der Waals surface area (Å²) in [5, 5.41) is 0.838. The predicted octanol–water partition coefficient (Wildman–Crippen LogP) is 6.07. The number of ether oxygens (including phenoxy) is 1. The Bertz CT molecular complexity index is 1460. The summed E-state index contributed by atoms with van der Waals surface area (Å²) in [6.45, 7) is 6.21. The second-order valence-corrected chi connectivity index (χ2v) is 8.67. The van der Waals surface area contributed by atoms with Gasteiger partial charge in [0, 0.05) is 11.6 Å². The van der Waals surface area contributed by atoms with Crippen LogP contribution in [-0.2, 0) is 6.54 Å². The molecule has 0 fully saturated rings. The molecule has 1 aliphatic heterocycles. The van der Waals surface area contributed by atoms with E-state index in [1.165, 1.54) is 0 Å². The van der Waals surface area contributed by atoms with Gasteiger partial charge in [0.05, 0.1) is 17.0 Å². The topological polar surface area (TPSA) is 59.8 Å². The first kappa shape index (κ1) is 22.0. The Balaban J connectivity index is 1.68. The SMILES string of the molecule is C=CCOc1ccc(C2c3c(oc4cc(C)c(Cl)cc4c3=O)C(=O)N2Cc2ccccc2)cc1. The summed E-state index contributed by atoms with van der Waals surface area (Å²) in [5.74, 6) is 0.435. The molecule has 3 aromatic carbocycles. The van der Waals surface area contributed by atoms with E-state index in [1.807, 2.05) is 61.5 Å². The van der Waals surface area contributed by atoms with Crippen LogP contribution in [-0.4, -0.2) is 17.4 Å². The van der Waals surface area contributed by atoms with Crippen LogP contribution in [0.1, 0.15) is 38.9 Å². The van der Waals surface area contributed by atoms with Gasteiger partial charge in [-0.15, -0.1) is 0 Å². The second-order valence-electron chi connectivity index (χ2n) is 8.26. The second kappa shape index (κ2) is 8.84. The minimum Gasteiger partial charge on any atom is -0.490 e. The third kappa shape index (κ3) is 3.78. The van der Waals surface area contributed by atoms with E-state index in [0.717, 1.165) is 16.7 Å². The molecule has 170 valence electrons. The number of rotatable bonds is 6. The largest absolute Gasteiger partial charge is 0.490 e. The molecule has 1 atom stereocenters. The number of fused-ring (bicyclic) bond motifs is 2. The number of carbonyl (C=O) groups is 1. The Morgan fingerprint density at radius 1 is 1.09 bits per heavy atom. The lowest BCUT2D eigenvalue weighted by Crippen LogP contribution is -2.29. The third-order valence-electron chi connectivity index (χ3n) is 6.01.